The first-order valence-corrected chi connectivity index (χ1v) is 6.21. The third-order valence-electron chi connectivity index (χ3n) is 2.19. The number of nitrogens with zero attached hydrogens (tertiary/aromatic N) is 1. The van der Waals surface area contributed by atoms with Gasteiger partial charge in [-0.25, -0.2) is 4.99 Å². The molecule has 0 saturated heterocycles. The first-order chi connectivity index (χ1) is 8.04. The van der Waals surface area contributed by atoms with Gasteiger partial charge in [-0.05, 0) is 17.9 Å². The molecule has 1 rings (SSSR count). The lowest BCUT2D eigenvalue weighted by Crippen LogP contribution is -2.32. The van der Waals surface area contributed by atoms with E-state index in [4.69, 9.17) is 16.6 Å². The zero-order valence-electron chi connectivity index (χ0n) is 9.46. The summed E-state index contributed by atoms with van der Waals surface area (Å²) in [5.74, 6) is -1.03. The SMILES string of the molecule is CSC(N)=Nc1ccccc1CC(N)C(=O)O. The van der Waals surface area contributed by atoms with E-state index in [9.17, 15) is 4.79 Å². The van der Waals surface area contributed by atoms with Gasteiger partial charge in [0.2, 0.25) is 0 Å². The number of hydrogen-bond acceptors (Lipinski definition) is 4. The molecule has 0 radical (unpaired) electrons. The lowest BCUT2D eigenvalue weighted by Gasteiger charge is -2.09. The van der Waals surface area contributed by atoms with E-state index < -0.39 is 12.0 Å². The van der Waals surface area contributed by atoms with Crippen molar-refractivity contribution in [2.24, 2.45) is 16.5 Å². The maximum atomic E-state index is 10.7. The summed E-state index contributed by atoms with van der Waals surface area (Å²) in [6.07, 6.45) is 2.06. The number of aliphatic carboxylic acids is 1. The summed E-state index contributed by atoms with van der Waals surface area (Å²) < 4.78 is 0. The summed E-state index contributed by atoms with van der Waals surface area (Å²) in [7, 11) is 0. The van der Waals surface area contributed by atoms with Crippen LogP contribution in [-0.2, 0) is 11.2 Å². The number of nitrogens with two attached hydrogens (primary N) is 2. The minimum Gasteiger partial charge on any atom is -0.480 e. The normalized spacial score (nSPS) is 13.4. The maximum absolute atomic E-state index is 10.7. The van der Waals surface area contributed by atoms with E-state index >= 15 is 0 Å². The smallest absolute Gasteiger partial charge is 0.320 e. The molecule has 1 atom stereocenters. The summed E-state index contributed by atoms with van der Waals surface area (Å²) >= 11 is 1.33. The van der Waals surface area contributed by atoms with Crippen molar-refractivity contribution in [1.29, 1.82) is 0 Å². The van der Waals surface area contributed by atoms with Gasteiger partial charge in [0, 0.05) is 6.42 Å². The Hall–Kier alpha value is -1.53. The molecular weight excluding hydrogens is 238 g/mol. The molecule has 0 spiro atoms. The topological polar surface area (TPSA) is 102 Å². The Kier molecular flexibility index (Phi) is 4.99. The molecule has 1 aromatic carbocycles. The van der Waals surface area contributed by atoms with Crippen molar-refractivity contribution in [3.8, 4) is 0 Å². The summed E-state index contributed by atoms with van der Waals surface area (Å²) in [6.45, 7) is 0. The average Bonchev–Trinajstić information content (AvgIpc) is 2.31. The Labute approximate surface area is 104 Å². The van der Waals surface area contributed by atoms with E-state index in [2.05, 4.69) is 4.99 Å². The lowest BCUT2D eigenvalue weighted by molar-refractivity contribution is -0.138. The number of benzene rings is 1. The molecule has 0 aromatic heterocycles. The Morgan fingerprint density at radius 2 is 2.18 bits per heavy atom. The first-order valence-electron chi connectivity index (χ1n) is 4.99. The van der Waals surface area contributed by atoms with Crippen LogP contribution in [0.25, 0.3) is 0 Å². The van der Waals surface area contributed by atoms with Gasteiger partial charge in [0.05, 0.1) is 5.69 Å². The quantitative estimate of drug-likeness (QED) is 0.547. The number of rotatable bonds is 4. The fourth-order valence-electron chi connectivity index (χ4n) is 1.28. The van der Waals surface area contributed by atoms with Crippen LogP contribution in [0.1, 0.15) is 5.56 Å². The molecular formula is C11H15N3O2S. The third kappa shape index (κ3) is 4.08. The highest BCUT2D eigenvalue weighted by molar-refractivity contribution is 8.13. The van der Waals surface area contributed by atoms with Gasteiger partial charge in [-0.3, -0.25) is 4.79 Å². The number of thioether (sulfide) groups is 1. The molecule has 17 heavy (non-hydrogen) atoms. The third-order valence-corrected chi connectivity index (χ3v) is 2.70. The molecule has 0 amide bonds. The molecule has 0 aliphatic heterocycles. The Morgan fingerprint density at radius 3 is 2.76 bits per heavy atom. The van der Waals surface area contributed by atoms with Crippen LogP contribution in [-0.4, -0.2) is 28.5 Å². The molecule has 1 aromatic rings. The van der Waals surface area contributed by atoms with Gasteiger partial charge in [-0.2, -0.15) is 0 Å². The second-order valence-electron chi connectivity index (χ2n) is 3.43. The largest absolute Gasteiger partial charge is 0.480 e. The van der Waals surface area contributed by atoms with Gasteiger partial charge in [0.25, 0.3) is 0 Å². The summed E-state index contributed by atoms with van der Waals surface area (Å²) in [5.41, 5.74) is 12.6. The molecule has 0 saturated carbocycles. The van der Waals surface area contributed by atoms with Gasteiger partial charge in [0.15, 0.2) is 5.17 Å². The van der Waals surface area contributed by atoms with Gasteiger partial charge < -0.3 is 16.6 Å². The number of hydrogen-bond donors (Lipinski definition) is 3. The molecule has 1 unspecified atom stereocenters. The highest BCUT2D eigenvalue weighted by Gasteiger charge is 2.14. The molecule has 0 fully saturated rings. The Morgan fingerprint density at radius 1 is 1.53 bits per heavy atom. The fraction of sp³-hybridized carbons (Fsp3) is 0.273. The molecule has 92 valence electrons. The van der Waals surface area contributed by atoms with Crippen molar-refractivity contribution in [1.82, 2.24) is 0 Å². The number of carboxylic acids is 1. The fourth-order valence-corrected chi connectivity index (χ4v) is 1.47. The van der Waals surface area contributed by atoms with Gasteiger partial charge >= 0.3 is 5.97 Å². The molecule has 0 aliphatic rings. The van der Waals surface area contributed by atoms with Gasteiger partial charge in [-0.15, -0.1) is 0 Å². The number of aliphatic imine (C=N–C) groups is 1. The van der Waals surface area contributed by atoms with E-state index in [1.54, 1.807) is 12.1 Å². The molecule has 0 heterocycles. The van der Waals surface area contributed by atoms with E-state index in [0.717, 1.165) is 5.56 Å². The summed E-state index contributed by atoms with van der Waals surface area (Å²) in [4.78, 5) is 14.9. The predicted molar refractivity (Wildman–Crippen MR) is 70.6 cm³/mol. The zero-order chi connectivity index (χ0) is 12.8. The van der Waals surface area contributed by atoms with Crippen LogP contribution in [0.2, 0.25) is 0 Å². The van der Waals surface area contributed by atoms with Crippen LogP contribution in [0.3, 0.4) is 0 Å². The molecule has 5 N–H and O–H groups in total. The highest BCUT2D eigenvalue weighted by atomic mass is 32.2. The standard InChI is InChI=1S/C11H15N3O2S/c1-17-11(13)14-9-5-3-2-4-7(9)6-8(12)10(15)16/h2-5,8H,6,12H2,1H3,(H2,13,14)(H,15,16). The van der Waals surface area contributed by atoms with Crippen LogP contribution in [0.4, 0.5) is 5.69 Å². The van der Waals surface area contributed by atoms with Crippen molar-refractivity contribution in [3.05, 3.63) is 29.8 Å². The van der Waals surface area contributed by atoms with Gasteiger partial charge in [0.1, 0.15) is 6.04 Å². The van der Waals surface area contributed by atoms with Crippen LogP contribution >= 0.6 is 11.8 Å². The van der Waals surface area contributed by atoms with Crippen molar-refractivity contribution in [2.45, 2.75) is 12.5 Å². The average molecular weight is 253 g/mol. The van der Waals surface area contributed by atoms with Crippen molar-refractivity contribution >= 4 is 28.6 Å². The monoisotopic (exact) mass is 253 g/mol. The number of amidine groups is 1. The van der Waals surface area contributed by atoms with Crippen LogP contribution in [0, 0.1) is 0 Å². The number of carbonyl (C=O) groups is 1. The van der Waals surface area contributed by atoms with E-state index in [1.165, 1.54) is 11.8 Å². The molecule has 0 bridgehead atoms. The van der Waals surface area contributed by atoms with E-state index in [0.29, 0.717) is 10.9 Å². The van der Waals surface area contributed by atoms with Crippen molar-refractivity contribution in [3.63, 3.8) is 0 Å². The molecule has 5 nitrogen and oxygen atoms in total. The second kappa shape index (κ2) is 6.27. The zero-order valence-corrected chi connectivity index (χ0v) is 10.3. The van der Waals surface area contributed by atoms with Crippen LogP contribution < -0.4 is 11.5 Å². The lowest BCUT2D eigenvalue weighted by atomic mass is 10.0. The number of carboxylic acid groups (broad SMARTS) is 1. The maximum Gasteiger partial charge on any atom is 0.320 e. The van der Waals surface area contributed by atoms with E-state index in [1.807, 2.05) is 18.4 Å². The van der Waals surface area contributed by atoms with Crippen LogP contribution in [0.5, 0.6) is 0 Å². The summed E-state index contributed by atoms with van der Waals surface area (Å²) in [5, 5.41) is 9.20. The summed E-state index contributed by atoms with van der Waals surface area (Å²) in [6, 6.07) is 6.30. The highest BCUT2D eigenvalue weighted by Crippen LogP contribution is 2.20. The Balaban J connectivity index is 2.96. The predicted octanol–water partition coefficient (Wildman–Crippen LogP) is 0.950. The van der Waals surface area contributed by atoms with Crippen molar-refractivity contribution in [2.75, 3.05) is 6.26 Å². The number of para-hydroxylation sites is 1. The first kappa shape index (κ1) is 13.5. The second-order valence-corrected chi connectivity index (χ2v) is 4.26. The minimum atomic E-state index is -1.03. The van der Waals surface area contributed by atoms with Crippen molar-refractivity contribution < 1.29 is 9.90 Å². The minimum absolute atomic E-state index is 0.233. The van der Waals surface area contributed by atoms with Gasteiger partial charge in [-0.1, -0.05) is 30.0 Å². The van der Waals surface area contributed by atoms with Crippen LogP contribution in [0.15, 0.2) is 29.3 Å². The van der Waals surface area contributed by atoms with E-state index in [-0.39, 0.29) is 6.42 Å². The Bertz CT molecular complexity index is 434. The molecule has 6 heteroatoms. The molecule has 0 aliphatic carbocycles.